The van der Waals surface area contributed by atoms with E-state index >= 15 is 0 Å². The molecule has 0 aliphatic carbocycles. The molecule has 0 N–H and O–H groups in total. The molecule has 4 aromatic rings. The Bertz CT molecular complexity index is 1220. The van der Waals surface area contributed by atoms with Crippen LogP contribution in [0.4, 0.5) is 0 Å². The number of carbonyl (C=O) groups excluding carboxylic acids is 2. The fourth-order valence-corrected chi connectivity index (χ4v) is 4.30. The fourth-order valence-electron chi connectivity index (χ4n) is 3.23. The van der Waals surface area contributed by atoms with Crippen LogP contribution >= 0.6 is 11.3 Å². The summed E-state index contributed by atoms with van der Waals surface area (Å²) in [5, 5.41) is 1.55. The topological polar surface area (TPSA) is 72.4 Å². The smallest absolute Gasteiger partial charge is 0.339 e. The number of benzene rings is 2. The third-order valence-corrected chi connectivity index (χ3v) is 6.24. The molecule has 0 fully saturated rings. The van der Waals surface area contributed by atoms with Crippen molar-refractivity contribution in [2.45, 2.75) is 19.9 Å². The number of rotatable bonds is 5. The number of hydrogen-bond donors (Lipinski definition) is 0. The van der Waals surface area contributed by atoms with Crippen molar-refractivity contribution >= 4 is 44.3 Å². The number of hydrogen-bond acceptors (Lipinski definition) is 6. The van der Waals surface area contributed by atoms with E-state index in [1.165, 1.54) is 0 Å². The van der Waals surface area contributed by atoms with E-state index < -0.39 is 5.97 Å². The van der Waals surface area contributed by atoms with Crippen LogP contribution in [0.3, 0.4) is 0 Å². The zero-order valence-corrected chi connectivity index (χ0v) is 17.8. The van der Waals surface area contributed by atoms with Gasteiger partial charge in [0, 0.05) is 18.1 Å². The van der Waals surface area contributed by atoms with Gasteiger partial charge in [0.05, 0.1) is 27.3 Å². The van der Waals surface area contributed by atoms with E-state index in [4.69, 9.17) is 4.74 Å². The summed E-state index contributed by atoms with van der Waals surface area (Å²) < 4.78 is 6.42. The quantitative estimate of drug-likeness (QED) is 0.445. The molecule has 0 unspecified atom stereocenters. The summed E-state index contributed by atoms with van der Waals surface area (Å²) in [5.74, 6) is -0.823. The van der Waals surface area contributed by atoms with Crippen molar-refractivity contribution in [1.82, 2.24) is 14.9 Å². The Morgan fingerprint density at radius 1 is 1.07 bits per heavy atom. The number of amides is 1. The monoisotopic (exact) mass is 419 g/mol. The van der Waals surface area contributed by atoms with Gasteiger partial charge in [-0.2, -0.15) is 0 Å². The first-order valence-electron chi connectivity index (χ1n) is 9.58. The van der Waals surface area contributed by atoms with Gasteiger partial charge in [-0.05, 0) is 38.1 Å². The molecule has 6 nitrogen and oxygen atoms in total. The van der Waals surface area contributed by atoms with Crippen molar-refractivity contribution in [3.05, 3.63) is 70.9 Å². The Labute approximate surface area is 178 Å². The first kappa shape index (κ1) is 20.0. The molecule has 0 aliphatic heterocycles. The van der Waals surface area contributed by atoms with Crippen molar-refractivity contribution in [1.29, 1.82) is 0 Å². The van der Waals surface area contributed by atoms with Crippen LogP contribution in [0.2, 0.25) is 0 Å². The number of pyridine rings is 1. The lowest BCUT2D eigenvalue weighted by Gasteiger charge is -2.23. The second-order valence-electron chi connectivity index (χ2n) is 7.10. The maximum atomic E-state index is 12.7. The van der Waals surface area contributed by atoms with Gasteiger partial charge in [-0.15, -0.1) is 11.3 Å². The number of aryl methyl sites for hydroxylation is 1. The first-order chi connectivity index (χ1) is 14.4. The minimum Gasteiger partial charge on any atom is -0.452 e. The lowest BCUT2D eigenvalue weighted by Crippen LogP contribution is -2.33. The second-order valence-corrected chi connectivity index (χ2v) is 8.17. The van der Waals surface area contributed by atoms with Crippen LogP contribution < -0.4 is 0 Å². The van der Waals surface area contributed by atoms with Gasteiger partial charge in [0.15, 0.2) is 6.61 Å². The van der Waals surface area contributed by atoms with Crippen LogP contribution in [-0.4, -0.2) is 40.4 Å². The summed E-state index contributed by atoms with van der Waals surface area (Å²) in [6.07, 6.45) is 0. The fraction of sp³-hybridized carbons (Fsp3) is 0.217. The van der Waals surface area contributed by atoms with E-state index in [1.807, 2.05) is 62.4 Å². The van der Waals surface area contributed by atoms with Gasteiger partial charge >= 0.3 is 5.97 Å². The van der Waals surface area contributed by atoms with Crippen molar-refractivity contribution in [3.8, 4) is 0 Å². The molecule has 1 amide bonds. The number of fused-ring (bicyclic) bond motifs is 2. The zero-order chi connectivity index (χ0) is 21.3. The number of nitrogens with zero attached hydrogens (tertiary/aromatic N) is 3. The van der Waals surface area contributed by atoms with Crippen LogP contribution in [0.25, 0.3) is 21.1 Å². The van der Waals surface area contributed by atoms with Crippen molar-refractivity contribution in [2.75, 3.05) is 13.7 Å². The molecule has 0 saturated carbocycles. The number of thiazole rings is 1. The first-order valence-corrected chi connectivity index (χ1v) is 10.4. The predicted octanol–water partition coefficient (Wildman–Crippen LogP) is 4.53. The molecule has 4 rings (SSSR count). The third-order valence-electron chi connectivity index (χ3n) is 5.03. The van der Waals surface area contributed by atoms with Gasteiger partial charge in [-0.25, -0.2) is 9.78 Å². The summed E-state index contributed by atoms with van der Waals surface area (Å²) in [5.41, 5.74) is 2.76. The summed E-state index contributed by atoms with van der Waals surface area (Å²) in [6, 6.07) is 16.7. The van der Waals surface area contributed by atoms with Gasteiger partial charge in [0.1, 0.15) is 5.01 Å². The Morgan fingerprint density at radius 2 is 1.77 bits per heavy atom. The second kappa shape index (κ2) is 8.20. The molecule has 7 heteroatoms. The van der Waals surface area contributed by atoms with Gasteiger partial charge in [-0.1, -0.05) is 30.3 Å². The average Bonchev–Trinajstić information content (AvgIpc) is 3.19. The minimum atomic E-state index is -0.536. The molecule has 0 aliphatic rings. The normalized spacial score (nSPS) is 12.1. The average molecular weight is 420 g/mol. The molecule has 0 spiro atoms. The summed E-state index contributed by atoms with van der Waals surface area (Å²) >= 11 is 1.56. The molecule has 0 saturated heterocycles. The van der Waals surface area contributed by atoms with Crippen molar-refractivity contribution < 1.29 is 14.3 Å². The lowest BCUT2D eigenvalue weighted by molar-refractivity contribution is -0.135. The van der Waals surface area contributed by atoms with Gasteiger partial charge in [0.2, 0.25) is 0 Å². The molecule has 2 heterocycles. The molecule has 2 aromatic heterocycles. The Hall–Kier alpha value is -3.32. The third kappa shape index (κ3) is 3.89. The Balaban J connectivity index is 1.45. The van der Waals surface area contributed by atoms with Crippen LogP contribution in [-0.2, 0) is 9.53 Å². The zero-order valence-electron chi connectivity index (χ0n) is 17.0. The highest BCUT2D eigenvalue weighted by atomic mass is 32.1. The van der Waals surface area contributed by atoms with Crippen molar-refractivity contribution in [3.63, 3.8) is 0 Å². The number of likely N-dealkylation sites (N-methyl/N-ethyl adjacent to an activating group) is 1. The molecule has 0 bridgehead atoms. The van der Waals surface area contributed by atoms with Crippen LogP contribution in [0.5, 0.6) is 0 Å². The van der Waals surface area contributed by atoms with E-state index in [0.717, 1.165) is 20.7 Å². The van der Waals surface area contributed by atoms with Crippen LogP contribution in [0.15, 0.2) is 54.6 Å². The Kier molecular flexibility index (Phi) is 5.46. The standard InChI is InChI=1S/C23H21N3O3S/c1-14-12-17(16-8-4-5-9-18(16)24-14)23(28)29-13-21(27)26(3)15(2)22-25-19-10-6-7-11-20(19)30-22/h4-12,15H,13H2,1-3H3/t15-/m0/s1. The summed E-state index contributed by atoms with van der Waals surface area (Å²) in [7, 11) is 1.69. The summed E-state index contributed by atoms with van der Waals surface area (Å²) in [4.78, 5) is 35.9. The maximum Gasteiger partial charge on any atom is 0.339 e. The molecule has 152 valence electrons. The molecule has 1 atom stereocenters. The maximum absolute atomic E-state index is 12.7. The van der Waals surface area contributed by atoms with Gasteiger partial charge in [0.25, 0.3) is 5.91 Å². The number of aromatic nitrogens is 2. The van der Waals surface area contributed by atoms with E-state index in [-0.39, 0.29) is 18.6 Å². The van der Waals surface area contributed by atoms with E-state index in [2.05, 4.69) is 9.97 Å². The van der Waals surface area contributed by atoms with E-state index in [1.54, 1.807) is 29.4 Å². The molecule has 0 radical (unpaired) electrons. The van der Waals surface area contributed by atoms with Crippen LogP contribution in [0.1, 0.15) is 34.0 Å². The summed E-state index contributed by atoms with van der Waals surface area (Å²) in [6.45, 7) is 3.40. The highest BCUT2D eigenvalue weighted by molar-refractivity contribution is 7.18. The van der Waals surface area contributed by atoms with Gasteiger partial charge in [-0.3, -0.25) is 9.78 Å². The molecule has 30 heavy (non-hydrogen) atoms. The number of carbonyl (C=O) groups is 2. The highest BCUT2D eigenvalue weighted by Gasteiger charge is 2.22. The van der Waals surface area contributed by atoms with Gasteiger partial charge < -0.3 is 9.64 Å². The largest absolute Gasteiger partial charge is 0.452 e. The minimum absolute atomic E-state index is 0.224. The predicted molar refractivity (Wildman–Crippen MR) is 118 cm³/mol. The molecular formula is C23H21N3O3S. The van der Waals surface area contributed by atoms with E-state index in [9.17, 15) is 9.59 Å². The number of ether oxygens (including phenoxy) is 1. The SMILES string of the molecule is Cc1cc(C(=O)OCC(=O)N(C)[C@@H](C)c2nc3ccccc3s2)c2ccccc2n1. The van der Waals surface area contributed by atoms with Crippen molar-refractivity contribution in [2.24, 2.45) is 0 Å². The lowest BCUT2D eigenvalue weighted by atomic mass is 10.1. The molecular weight excluding hydrogens is 398 g/mol. The van der Waals surface area contributed by atoms with E-state index in [0.29, 0.717) is 16.6 Å². The number of esters is 1. The van der Waals surface area contributed by atoms with Crippen LogP contribution in [0, 0.1) is 6.92 Å². The molecule has 2 aromatic carbocycles. The number of para-hydroxylation sites is 2. The highest BCUT2D eigenvalue weighted by Crippen LogP contribution is 2.29. The Morgan fingerprint density at radius 3 is 2.53 bits per heavy atom.